The van der Waals surface area contributed by atoms with Gasteiger partial charge in [0, 0.05) is 0 Å². The van der Waals surface area contributed by atoms with E-state index in [1.807, 2.05) is 0 Å². The summed E-state index contributed by atoms with van der Waals surface area (Å²) >= 11 is 0. The highest BCUT2D eigenvalue weighted by molar-refractivity contribution is 5.73. The van der Waals surface area contributed by atoms with Crippen molar-refractivity contribution in [2.24, 2.45) is 0 Å². The molecule has 2 N–H and O–H groups in total. The molecule has 0 saturated heterocycles. The number of carbonyl (C=O) groups excluding carboxylic acids is 1. The zero-order valence-electron chi connectivity index (χ0n) is 4.42. The maximum absolute atomic E-state index is 9.87. The lowest BCUT2D eigenvalue weighted by atomic mass is 10.2. The molecule has 8 heavy (non-hydrogen) atoms. The van der Waals surface area contributed by atoms with Crippen molar-refractivity contribution in [3.8, 4) is 0 Å². The van der Waals surface area contributed by atoms with Crippen LogP contribution in [0.5, 0.6) is 0 Å². The van der Waals surface area contributed by atoms with Gasteiger partial charge < -0.3 is 5.11 Å². The lowest BCUT2D eigenvalue weighted by Gasteiger charge is -1.96. The number of carbonyl (C=O) groups is 1. The molecule has 1 radical (unpaired) electrons. The zero-order chi connectivity index (χ0) is 6.57. The van der Waals surface area contributed by atoms with Gasteiger partial charge in [0.25, 0.3) is 0 Å². The molecular formula is C5H8NO2. The van der Waals surface area contributed by atoms with Crippen LogP contribution >= 0.6 is 0 Å². The smallest absolute Gasteiger partial charge is 0.241 e. The predicted octanol–water partition coefficient (Wildman–Crippen LogP) is -0.267. The SMILES string of the molecule is C=CC(O)CC([NH])=O. The first-order chi connectivity index (χ1) is 3.66. The van der Waals surface area contributed by atoms with Crippen LogP contribution in [0, 0.1) is 0 Å². The van der Waals surface area contributed by atoms with Crippen LogP contribution in [-0.2, 0) is 4.79 Å². The molecule has 0 aliphatic rings. The molecule has 45 valence electrons. The summed E-state index contributed by atoms with van der Waals surface area (Å²) in [6, 6.07) is 0. The molecule has 3 nitrogen and oxygen atoms in total. The Morgan fingerprint density at radius 3 is 2.62 bits per heavy atom. The summed E-state index contributed by atoms with van der Waals surface area (Å²) in [4.78, 5) is 9.87. The Bertz CT molecular complexity index is 101. The van der Waals surface area contributed by atoms with Crippen LogP contribution in [0.25, 0.3) is 0 Å². The van der Waals surface area contributed by atoms with E-state index in [2.05, 4.69) is 6.58 Å². The first kappa shape index (κ1) is 7.17. The molecule has 1 atom stereocenters. The van der Waals surface area contributed by atoms with Crippen LogP contribution in [0.3, 0.4) is 0 Å². The molecule has 0 heterocycles. The maximum atomic E-state index is 9.87. The normalized spacial score (nSPS) is 12.6. The van der Waals surface area contributed by atoms with E-state index in [-0.39, 0.29) is 6.42 Å². The minimum Gasteiger partial charge on any atom is -0.389 e. The van der Waals surface area contributed by atoms with Crippen molar-refractivity contribution in [1.82, 2.24) is 5.73 Å². The Hall–Kier alpha value is -0.830. The van der Waals surface area contributed by atoms with Crippen molar-refractivity contribution >= 4 is 5.91 Å². The van der Waals surface area contributed by atoms with Gasteiger partial charge in [-0.1, -0.05) is 6.08 Å². The summed E-state index contributed by atoms with van der Waals surface area (Å²) in [7, 11) is 0. The molecule has 1 unspecified atom stereocenters. The number of hydrogen-bond donors (Lipinski definition) is 1. The van der Waals surface area contributed by atoms with Crippen molar-refractivity contribution in [2.75, 3.05) is 0 Å². The van der Waals surface area contributed by atoms with E-state index in [0.717, 1.165) is 0 Å². The lowest BCUT2D eigenvalue weighted by Crippen LogP contribution is -2.10. The van der Waals surface area contributed by atoms with E-state index in [1.54, 1.807) is 0 Å². The molecular weight excluding hydrogens is 106 g/mol. The maximum Gasteiger partial charge on any atom is 0.241 e. The summed E-state index contributed by atoms with van der Waals surface area (Å²) in [5.74, 6) is -0.766. The molecule has 0 rings (SSSR count). The highest BCUT2D eigenvalue weighted by Crippen LogP contribution is 1.89. The summed E-state index contributed by atoms with van der Waals surface area (Å²) in [6.45, 7) is 3.23. The topological polar surface area (TPSA) is 61.1 Å². The summed E-state index contributed by atoms with van der Waals surface area (Å²) < 4.78 is 0. The average molecular weight is 114 g/mol. The van der Waals surface area contributed by atoms with Crippen molar-refractivity contribution < 1.29 is 9.90 Å². The van der Waals surface area contributed by atoms with Gasteiger partial charge in [0.1, 0.15) is 0 Å². The van der Waals surface area contributed by atoms with E-state index in [9.17, 15) is 4.79 Å². The van der Waals surface area contributed by atoms with E-state index in [1.165, 1.54) is 6.08 Å². The van der Waals surface area contributed by atoms with Gasteiger partial charge in [-0.2, -0.15) is 0 Å². The second-order valence-corrected chi connectivity index (χ2v) is 1.43. The van der Waals surface area contributed by atoms with Gasteiger partial charge in [0.05, 0.1) is 12.5 Å². The first-order valence-electron chi connectivity index (χ1n) is 2.22. The number of nitrogens with one attached hydrogen (secondary N) is 1. The lowest BCUT2D eigenvalue weighted by molar-refractivity contribution is -0.119. The van der Waals surface area contributed by atoms with E-state index in [4.69, 9.17) is 10.8 Å². The Morgan fingerprint density at radius 2 is 2.50 bits per heavy atom. The molecule has 0 aliphatic heterocycles. The van der Waals surface area contributed by atoms with E-state index < -0.39 is 12.0 Å². The molecule has 0 aromatic rings. The monoisotopic (exact) mass is 114 g/mol. The average Bonchev–Trinajstić information content (AvgIpc) is 1.65. The van der Waals surface area contributed by atoms with Gasteiger partial charge in [-0.05, 0) is 0 Å². The van der Waals surface area contributed by atoms with Crippen LogP contribution in [0.1, 0.15) is 6.42 Å². The highest BCUT2D eigenvalue weighted by atomic mass is 16.3. The second-order valence-electron chi connectivity index (χ2n) is 1.43. The number of hydrogen-bond acceptors (Lipinski definition) is 2. The van der Waals surface area contributed by atoms with Gasteiger partial charge >= 0.3 is 0 Å². The summed E-state index contributed by atoms with van der Waals surface area (Å²) in [5.41, 5.74) is 6.36. The number of aliphatic hydroxyl groups is 1. The van der Waals surface area contributed by atoms with Crippen LogP contribution in [0.4, 0.5) is 0 Å². The minimum atomic E-state index is -0.847. The van der Waals surface area contributed by atoms with Crippen LogP contribution < -0.4 is 5.73 Å². The molecule has 0 fully saturated rings. The molecule has 1 amide bonds. The third kappa shape index (κ3) is 3.36. The molecule has 0 saturated carbocycles. The van der Waals surface area contributed by atoms with Crippen LogP contribution in [0.15, 0.2) is 12.7 Å². The van der Waals surface area contributed by atoms with Crippen molar-refractivity contribution in [3.63, 3.8) is 0 Å². The van der Waals surface area contributed by atoms with Gasteiger partial charge in [-0.3, -0.25) is 10.5 Å². The fraction of sp³-hybridized carbons (Fsp3) is 0.400. The Labute approximate surface area is 47.8 Å². The first-order valence-corrected chi connectivity index (χ1v) is 2.22. The third-order valence-electron chi connectivity index (χ3n) is 0.667. The fourth-order valence-corrected chi connectivity index (χ4v) is 0.273. The number of aliphatic hydroxyl groups excluding tert-OH is 1. The molecule has 0 spiro atoms. The van der Waals surface area contributed by atoms with Crippen LogP contribution in [-0.4, -0.2) is 17.1 Å². The van der Waals surface area contributed by atoms with Gasteiger partial charge in [-0.25, -0.2) is 0 Å². The molecule has 0 bridgehead atoms. The quantitative estimate of drug-likeness (QED) is 0.513. The van der Waals surface area contributed by atoms with E-state index >= 15 is 0 Å². The van der Waals surface area contributed by atoms with Crippen molar-refractivity contribution in [2.45, 2.75) is 12.5 Å². The Morgan fingerprint density at radius 1 is 2.00 bits per heavy atom. The Balaban J connectivity index is 3.38. The van der Waals surface area contributed by atoms with Crippen molar-refractivity contribution in [1.29, 1.82) is 0 Å². The fourth-order valence-electron chi connectivity index (χ4n) is 0.273. The zero-order valence-corrected chi connectivity index (χ0v) is 4.42. The minimum absolute atomic E-state index is 0.149. The number of rotatable bonds is 3. The Kier molecular flexibility index (Phi) is 2.88. The second kappa shape index (κ2) is 3.21. The standard InChI is InChI=1S/C5H8NO2/c1-2-4(7)3-5(6)8/h2,4,6-7H,1,3H2. The molecule has 0 aromatic carbocycles. The molecule has 3 heteroatoms. The highest BCUT2D eigenvalue weighted by Gasteiger charge is 2.01. The number of amides is 1. The van der Waals surface area contributed by atoms with Gasteiger partial charge in [0.15, 0.2) is 0 Å². The van der Waals surface area contributed by atoms with Gasteiger partial charge in [0.2, 0.25) is 5.91 Å². The largest absolute Gasteiger partial charge is 0.389 e. The van der Waals surface area contributed by atoms with Crippen molar-refractivity contribution in [3.05, 3.63) is 12.7 Å². The van der Waals surface area contributed by atoms with Gasteiger partial charge in [-0.15, -0.1) is 6.58 Å². The van der Waals surface area contributed by atoms with Crippen LogP contribution in [0.2, 0.25) is 0 Å². The third-order valence-corrected chi connectivity index (χ3v) is 0.667. The predicted molar refractivity (Wildman–Crippen MR) is 28.9 cm³/mol. The summed E-state index contributed by atoms with van der Waals surface area (Å²) in [5, 5.41) is 8.57. The summed E-state index contributed by atoms with van der Waals surface area (Å²) in [6.07, 6.45) is 0.232. The molecule has 0 aromatic heterocycles. The molecule has 0 aliphatic carbocycles. The van der Waals surface area contributed by atoms with E-state index in [0.29, 0.717) is 0 Å².